The van der Waals surface area contributed by atoms with Gasteiger partial charge in [0.25, 0.3) is 5.91 Å². The fourth-order valence-corrected chi connectivity index (χ4v) is 2.49. The lowest BCUT2D eigenvalue weighted by Crippen LogP contribution is -2.20. The van der Waals surface area contributed by atoms with E-state index in [9.17, 15) is 22.8 Å². The van der Waals surface area contributed by atoms with E-state index in [1.807, 2.05) is 12.3 Å². The summed E-state index contributed by atoms with van der Waals surface area (Å²) < 4.78 is 42.2. The monoisotopic (exact) mass is 395 g/mol. The maximum atomic E-state index is 12.5. The van der Waals surface area contributed by atoms with Crippen LogP contribution in [0.2, 0.25) is 0 Å². The number of anilines is 1. The predicted octanol–water partition coefficient (Wildman–Crippen LogP) is 4.62. The minimum Gasteiger partial charge on any atom is -0.452 e. The Morgan fingerprint density at radius 3 is 2.48 bits per heavy atom. The van der Waals surface area contributed by atoms with Gasteiger partial charge >= 0.3 is 12.1 Å². The number of benzene rings is 2. The summed E-state index contributed by atoms with van der Waals surface area (Å²) in [7, 11) is 0. The first-order valence-electron chi connectivity index (χ1n) is 7.74. The van der Waals surface area contributed by atoms with E-state index in [2.05, 4.69) is 5.32 Å². The zero-order chi connectivity index (χ0) is 19.9. The zero-order valence-electron chi connectivity index (χ0n) is 14.2. The molecule has 2 rings (SSSR count). The minimum atomic E-state index is -4.41. The number of carbonyl (C=O) groups is 2. The molecular formula is C19H16F3NO3S. The van der Waals surface area contributed by atoms with Gasteiger partial charge < -0.3 is 10.1 Å². The maximum Gasteiger partial charge on any atom is 0.416 e. The molecule has 0 atom stereocenters. The van der Waals surface area contributed by atoms with Gasteiger partial charge in [-0.1, -0.05) is 18.2 Å². The van der Waals surface area contributed by atoms with Crippen LogP contribution in [0.5, 0.6) is 0 Å². The number of thioether (sulfide) groups is 1. The molecule has 0 heterocycles. The molecule has 0 saturated heterocycles. The first-order valence-corrected chi connectivity index (χ1v) is 8.96. The Morgan fingerprint density at radius 1 is 1.15 bits per heavy atom. The van der Waals surface area contributed by atoms with Crippen molar-refractivity contribution in [3.63, 3.8) is 0 Å². The number of alkyl halides is 3. The fraction of sp³-hybridized carbons (Fsp3) is 0.158. The van der Waals surface area contributed by atoms with Gasteiger partial charge in [-0.25, -0.2) is 4.79 Å². The Labute approximate surface area is 158 Å². The predicted molar refractivity (Wildman–Crippen MR) is 98.3 cm³/mol. The van der Waals surface area contributed by atoms with Crippen molar-refractivity contribution in [2.45, 2.75) is 11.1 Å². The molecule has 142 valence electrons. The second kappa shape index (κ2) is 9.27. The highest BCUT2D eigenvalue weighted by atomic mass is 32.2. The third-order valence-corrected chi connectivity index (χ3v) is 4.07. The first kappa shape index (κ1) is 20.6. The first-order chi connectivity index (χ1) is 12.8. The Bertz CT molecular complexity index is 833. The van der Waals surface area contributed by atoms with E-state index in [-0.39, 0.29) is 0 Å². The van der Waals surface area contributed by atoms with Crippen molar-refractivity contribution in [3.8, 4) is 0 Å². The van der Waals surface area contributed by atoms with Gasteiger partial charge in [-0.2, -0.15) is 13.2 Å². The van der Waals surface area contributed by atoms with Gasteiger partial charge in [0.05, 0.1) is 5.56 Å². The summed E-state index contributed by atoms with van der Waals surface area (Å²) in [5, 5.41) is 2.61. The summed E-state index contributed by atoms with van der Waals surface area (Å²) in [6, 6.07) is 11.5. The topological polar surface area (TPSA) is 55.4 Å². The lowest BCUT2D eigenvalue weighted by Gasteiger charge is -2.07. The van der Waals surface area contributed by atoms with Crippen LogP contribution in [0.3, 0.4) is 0 Å². The second-order valence-electron chi connectivity index (χ2n) is 5.34. The molecule has 0 spiro atoms. The summed E-state index contributed by atoms with van der Waals surface area (Å²) >= 11 is 1.53. The molecule has 4 nitrogen and oxygen atoms in total. The number of nitrogens with one attached hydrogen (secondary N) is 1. The van der Waals surface area contributed by atoms with Crippen LogP contribution in [-0.2, 0) is 20.5 Å². The van der Waals surface area contributed by atoms with Crippen LogP contribution in [0.25, 0.3) is 6.08 Å². The molecule has 0 radical (unpaired) electrons. The molecule has 2 aromatic rings. The molecule has 0 bridgehead atoms. The number of rotatable bonds is 6. The van der Waals surface area contributed by atoms with Crippen LogP contribution in [0.4, 0.5) is 18.9 Å². The van der Waals surface area contributed by atoms with Gasteiger partial charge in [-0.3, -0.25) is 4.79 Å². The van der Waals surface area contributed by atoms with Crippen LogP contribution in [0, 0.1) is 0 Å². The molecule has 1 amide bonds. The Morgan fingerprint density at radius 2 is 1.85 bits per heavy atom. The van der Waals surface area contributed by atoms with Crippen molar-refractivity contribution in [1.29, 1.82) is 0 Å². The smallest absolute Gasteiger partial charge is 0.416 e. The van der Waals surface area contributed by atoms with E-state index >= 15 is 0 Å². The zero-order valence-corrected chi connectivity index (χ0v) is 15.1. The van der Waals surface area contributed by atoms with Crippen molar-refractivity contribution in [2.75, 3.05) is 18.2 Å². The quantitative estimate of drug-likeness (QED) is 0.440. The minimum absolute atomic E-state index is 0.401. The summed E-state index contributed by atoms with van der Waals surface area (Å²) in [4.78, 5) is 24.4. The highest BCUT2D eigenvalue weighted by Crippen LogP contribution is 2.29. The van der Waals surface area contributed by atoms with Gasteiger partial charge in [0.2, 0.25) is 0 Å². The molecular weight excluding hydrogens is 379 g/mol. The average Bonchev–Trinajstić information content (AvgIpc) is 2.64. The number of amides is 1. The molecule has 0 aliphatic heterocycles. The average molecular weight is 395 g/mol. The van der Waals surface area contributed by atoms with Crippen molar-refractivity contribution >= 4 is 35.4 Å². The number of hydrogen-bond donors (Lipinski definition) is 1. The normalized spacial score (nSPS) is 11.4. The summed E-state index contributed by atoms with van der Waals surface area (Å²) in [6.07, 6.45) is -0.151. The highest BCUT2D eigenvalue weighted by Gasteiger charge is 2.29. The Hall–Kier alpha value is -2.74. The van der Waals surface area contributed by atoms with E-state index in [1.54, 1.807) is 18.2 Å². The van der Waals surface area contributed by atoms with Crippen molar-refractivity contribution in [2.24, 2.45) is 0 Å². The number of hydrogen-bond acceptors (Lipinski definition) is 4. The maximum absolute atomic E-state index is 12.5. The number of ether oxygens (including phenoxy) is 1. The largest absolute Gasteiger partial charge is 0.452 e. The molecule has 0 unspecified atom stereocenters. The lowest BCUT2D eigenvalue weighted by atomic mass is 10.1. The molecule has 0 fully saturated rings. The van der Waals surface area contributed by atoms with Crippen LogP contribution in [0.1, 0.15) is 11.1 Å². The van der Waals surface area contributed by atoms with Crippen LogP contribution < -0.4 is 5.32 Å². The third kappa shape index (κ3) is 6.82. The molecule has 2 aromatic carbocycles. The standard InChI is InChI=1S/C19H16F3NO3S/c1-27-16-4-2-3-15(11-16)23-17(24)12-26-18(25)10-7-13-5-8-14(9-6-13)19(20,21)22/h2-11H,12H2,1H3,(H,23,24)/b10-7+. The Balaban J connectivity index is 1.82. The SMILES string of the molecule is CSc1cccc(NC(=O)COC(=O)/C=C/c2ccc(C(F)(F)F)cc2)c1. The van der Waals surface area contributed by atoms with E-state index in [0.29, 0.717) is 11.3 Å². The van der Waals surface area contributed by atoms with E-state index in [0.717, 1.165) is 23.1 Å². The van der Waals surface area contributed by atoms with Gasteiger partial charge in [0, 0.05) is 16.7 Å². The van der Waals surface area contributed by atoms with Crippen molar-refractivity contribution in [1.82, 2.24) is 0 Å². The fourth-order valence-electron chi connectivity index (χ4n) is 2.03. The van der Waals surface area contributed by atoms with Crippen LogP contribution in [-0.4, -0.2) is 24.7 Å². The van der Waals surface area contributed by atoms with Gasteiger partial charge in [0.15, 0.2) is 6.61 Å². The molecule has 27 heavy (non-hydrogen) atoms. The molecule has 1 N–H and O–H groups in total. The van der Waals surface area contributed by atoms with E-state index in [4.69, 9.17) is 4.74 Å². The molecule has 0 aromatic heterocycles. The summed E-state index contributed by atoms with van der Waals surface area (Å²) in [5.74, 6) is -1.27. The molecule has 0 aliphatic carbocycles. The molecule has 0 aliphatic rings. The number of halogens is 3. The Kier molecular flexibility index (Phi) is 7.06. The number of esters is 1. The lowest BCUT2D eigenvalue weighted by molar-refractivity contribution is -0.142. The van der Waals surface area contributed by atoms with E-state index in [1.165, 1.54) is 30.0 Å². The number of carbonyl (C=O) groups excluding carboxylic acids is 2. The van der Waals surface area contributed by atoms with E-state index < -0.39 is 30.2 Å². The van der Waals surface area contributed by atoms with Crippen molar-refractivity contribution < 1.29 is 27.5 Å². The highest BCUT2D eigenvalue weighted by molar-refractivity contribution is 7.98. The third-order valence-electron chi connectivity index (χ3n) is 3.35. The molecule has 0 saturated carbocycles. The van der Waals surface area contributed by atoms with Crippen LogP contribution >= 0.6 is 11.8 Å². The van der Waals surface area contributed by atoms with Gasteiger partial charge in [-0.05, 0) is 48.2 Å². The van der Waals surface area contributed by atoms with Gasteiger partial charge in [0.1, 0.15) is 0 Å². The van der Waals surface area contributed by atoms with Crippen molar-refractivity contribution in [3.05, 3.63) is 65.7 Å². The van der Waals surface area contributed by atoms with Gasteiger partial charge in [-0.15, -0.1) is 11.8 Å². The second-order valence-corrected chi connectivity index (χ2v) is 6.22. The summed E-state index contributed by atoms with van der Waals surface area (Å²) in [5.41, 5.74) is 0.214. The molecule has 8 heteroatoms. The van der Waals surface area contributed by atoms with Crippen LogP contribution in [0.15, 0.2) is 59.5 Å². The summed E-state index contributed by atoms with van der Waals surface area (Å²) in [6.45, 7) is -0.473.